The average molecular weight is 212 g/mol. The van der Waals surface area contributed by atoms with E-state index in [1.807, 2.05) is 0 Å². The van der Waals surface area contributed by atoms with E-state index < -0.39 is 5.82 Å². The van der Waals surface area contributed by atoms with Gasteiger partial charge in [0.05, 0.1) is 7.11 Å². The van der Waals surface area contributed by atoms with E-state index in [0.717, 1.165) is 5.39 Å². The van der Waals surface area contributed by atoms with Crippen molar-refractivity contribution in [1.29, 1.82) is 0 Å². The van der Waals surface area contributed by atoms with Crippen LogP contribution in [0.15, 0.2) is 24.3 Å². The predicted molar refractivity (Wildman–Crippen MR) is 53.3 cm³/mol. The van der Waals surface area contributed by atoms with Crippen molar-refractivity contribution in [3.05, 3.63) is 35.2 Å². The first-order valence-electron chi connectivity index (χ1n) is 4.01. The van der Waals surface area contributed by atoms with Crippen molar-refractivity contribution in [2.24, 2.45) is 0 Å². The van der Waals surface area contributed by atoms with Crippen molar-refractivity contribution in [2.75, 3.05) is 7.11 Å². The molecule has 0 N–H and O–H groups in total. The van der Waals surface area contributed by atoms with Crippen LogP contribution in [0.2, 0.25) is 5.15 Å². The molecule has 0 aliphatic carbocycles. The fourth-order valence-electron chi connectivity index (χ4n) is 1.31. The van der Waals surface area contributed by atoms with Crippen molar-refractivity contribution in [1.82, 2.24) is 4.98 Å². The van der Waals surface area contributed by atoms with E-state index in [0.29, 0.717) is 10.7 Å². The highest BCUT2D eigenvalue weighted by Gasteiger charge is 2.09. The Kier molecular flexibility index (Phi) is 2.25. The molecule has 2 nitrogen and oxygen atoms in total. The molecule has 1 aromatic heterocycles. The Hall–Kier alpha value is -1.35. The second-order valence-corrected chi connectivity index (χ2v) is 3.17. The lowest BCUT2D eigenvalue weighted by atomic mass is 10.2. The van der Waals surface area contributed by atoms with Gasteiger partial charge in [0, 0.05) is 5.39 Å². The molecule has 0 saturated carbocycles. The summed E-state index contributed by atoms with van der Waals surface area (Å²) in [6.45, 7) is 0. The molecule has 4 heteroatoms. The largest absolute Gasteiger partial charge is 0.491 e. The number of rotatable bonds is 1. The quantitative estimate of drug-likeness (QED) is 0.677. The number of benzene rings is 1. The number of hydrogen-bond acceptors (Lipinski definition) is 2. The molecule has 14 heavy (non-hydrogen) atoms. The molecule has 0 saturated heterocycles. The number of aromatic nitrogens is 1. The number of nitrogens with zero attached hydrogens (tertiary/aromatic N) is 1. The molecule has 0 bridgehead atoms. The molecule has 0 aliphatic heterocycles. The smallest absolute Gasteiger partial charge is 0.180 e. The zero-order valence-corrected chi connectivity index (χ0v) is 8.18. The number of methoxy groups -OCH3 is 1. The molecule has 2 aromatic rings. The number of halogens is 2. The van der Waals surface area contributed by atoms with Crippen LogP contribution >= 0.6 is 11.6 Å². The lowest BCUT2D eigenvalue weighted by molar-refractivity contribution is 0.391. The summed E-state index contributed by atoms with van der Waals surface area (Å²) in [5.74, 6) is -0.306. The van der Waals surface area contributed by atoms with Gasteiger partial charge < -0.3 is 4.74 Å². The first-order valence-corrected chi connectivity index (χ1v) is 4.39. The van der Waals surface area contributed by atoms with Gasteiger partial charge in [0.2, 0.25) is 0 Å². The van der Waals surface area contributed by atoms with E-state index in [9.17, 15) is 4.39 Å². The summed E-state index contributed by atoms with van der Waals surface area (Å²) in [6, 6.07) is 6.40. The Balaban J connectivity index is 2.84. The maximum Gasteiger partial charge on any atom is 0.180 e. The van der Waals surface area contributed by atoms with Gasteiger partial charge in [-0.05, 0) is 24.3 Å². The van der Waals surface area contributed by atoms with Gasteiger partial charge in [-0.3, -0.25) is 0 Å². The van der Waals surface area contributed by atoms with Crippen molar-refractivity contribution >= 4 is 22.5 Å². The molecule has 0 unspecified atom stereocenters. The Morgan fingerprint density at radius 3 is 2.71 bits per heavy atom. The Bertz CT molecular complexity index is 482. The third-order valence-corrected chi connectivity index (χ3v) is 2.15. The highest BCUT2D eigenvalue weighted by molar-refractivity contribution is 6.29. The summed E-state index contributed by atoms with van der Waals surface area (Å²) in [6.07, 6.45) is 0. The molecular formula is C10H7ClFNO. The minimum absolute atomic E-state index is 0.130. The number of pyridine rings is 1. The highest BCUT2D eigenvalue weighted by Crippen LogP contribution is 2.27. The van der Waals surface area contributed by atoms with E-state index in [1.54, 1.807) is 18.2 Å². The van der Waals surface area contributed by atoms with Crippen LogP contribution in [0.4, 0.5) is 4.39 Å². The van der Waals surface area contributed by atoms with Crippen LogP contribution in [0, 0.1) is 5.82 Å². The molecular weight excluding hydrogens is 205 g/mol. The minimum Gasteiger partial charge on any atom is -0.491 e. The Labute approximate surface area is 85.3 Å². The van der Waals surface area contributed by atoms with E-state index >= 15 is 0 Å². The topological polar surface area (TPSA) is 22.1 Å². The molecule has 0 spiro atoms. The van der Waals surface area contributed by atoms with E-state index in [1.165, 1.54) is 13.2 Å². The van der Waals surface area contributed by atoms with Gasteiger partial charge in [-0.15, -0.1) is 0 Å². The molecule has 72 valence electrons. The van der Waals surface area contributed by atoms with Gasteiger partial charge in [0.25, 0.3) is 0 Å². The number of fused-ring (bicyclic) bond motifs is 1. The molecule has 0 radical (unpaired) electrons. The van der Waals surface area contributed by atoms with Gasteiger partial charge >= 0.3 is 0 Å². The molecule has 1 heterocycles. The fourth-order valence-corrected chi connectivity index (χ4v) is 1.46. The van der Waals surface area contributed by atoms with Crippen LogP contribution in [0.5, 0.6) is 5.75 Å². The van der Waals surface area contributed by atoms with Gasteiger partial charge in [-0.25, -0.2) is 9.37 Å². The Morgan fingerprint density at radius 1 is 1.29 bits per heavy atom. The summed E-state index contributed by atoms with van der Waals surface area (Å²) in [4.78, 5) is 4.01. The first-order chi connectivity index (χ1) is 6.72. The molecule has 0 aliphatic rings. The van der Waals surface area contributed by atoms with E-state index in [2.05, 4.69) is 4.98 Å². The molecule has 0 amide bonds. The van der Waals surface area contributed by atoms with Crippen molar-refractivity contribution < 1.29 is 9.13 Å². The SMILES string of the molecule is COc1c(F)ccc2ccc(Cl)nc12. The standard InChI is InChI=1S/C10H7ClFNO/c1-14-10-7(12)4-2-6-3-5-8(11)13-9(6)10/h2-5H,1H3. The predicted octanol–water partition coefficient (Wildman–Crippen LogP) is 3.04. The zero-order chi connectivity index (χ0) is 10.1. The third-order valence-electron chi connectivity index (χ3n) is 1.94. The maximum absolute atomic E-state index is 13.2. The summed E-state index contributed by atoms with van der Waals surface area (Å²) >= 11 is 5.71. The third kappa shape index (κ3) is 1.40. The second kappa shape index (κ2) is 3.42. The van der Waals surface area contributed by atoms with Crippen molar-refractivity contribution in [2.45, 2.75) is 0 Å². The van der Waals surface area contributed by atoms with Gasteiger partial charge in [-0.1, -0.05) is 11.6 Å². The van der Waals surface area contributed by atoms with Gasteiger partial charge in [0.15, 0.2) is 11.6 Å². The van der Waals surface area contributed by atoms with E-state index in [-0.39, 0.29) is 5.75 Å². The molecule has 2 rings (SSSR count). The fraction of sp³-hybridized carbons (Fsp3) is 0.100. The van der Waals surface area contributed by atoms with Crippen molar-refractivity contribution in [3.8, 4) is 5.75 Å². The summed E-state index contributed by atoms with van der Waals surface area (Å²) in [5, 5.41) is 1.12. The van der Waals surface area contributed by atoms with Gasteiger partial charge in [0.1, 0.15) is 10.7 Å². The first kappa shape index (κ1) is 9.21. The lowest BCUT2D eigenvalue weighted by Crippen LogP contribution is -1.91. The van der Waals surface area contributed by atoms with Gasteiger partial charge in [-0.2, -0.15) is 0 Å². The van der Waals surface area contributed by atoms with Crippen LogP contribution in [-0.4, -0.2) is 12.1 Å². The van der Waals surface area contributed by atoms with E-state index in [4.69, 9.17) is 16.3 Å². The molecule has 1 aromatic carbocycles. The Morgan fingerprint density at radius 2 is 2.00 bits per heavy atom. The highest BCUT2D eigenvalue weighted by atomic mass is 35.5. The van der Waals surface area contributed by atoms with Crippen molar-refractivity contribution in [3.63, 3.8) is 0 Å². The van der Waals surface area contributed by atoms with Crippen LogP contribution < -0.4 is 4.74 Å². The average Bonchev–Trinajstić information content (AvgIpc) is 2.17. The molecule has 0 atom stereocenters. The summed E-state index contributed by atoms with van der Waals surface area (Å²) in [5.41, 5.74) is 0.444. The zero-order valence-electron chi connectivity index (χ0n) is 7.42. The van der Waals surface area contributed by atoms with Crippen LogP contribution in [-0.2, 0) is 0 Å². The minimum atomic E-state index is -0.435. The van der Waals surface area contributed by atoms with Crippen LogP contribution in [0.3, 0.4) is 0 Å². The number of ether oxygens (including phenoxy) is 1. The van der Waals surface area contributed by atoms with Crippen LogP contribution in [0.1, 0.15) is 0 Å². The monoisotopic (exact) mass is 211 g/mol. The summed E-state index contributed by atoms with van der Waals surface area (Å²) in [7, 11) is 1.40. The normalized spacial score (nSPS) is 10.5. The second-order valence-electron chi connectivity index (χ2n) is 2.79. The maximum atomic E-state index is 13.2. The lowest BCUT2D eigenvalue weighted by Gasteiger charge is -2.05. The summed E-state index contributed by atoms with van der Waals surface area (Å²) < 4.78 is 18.2. The molecule has 0 fully saturated rings. The number of hydrogen-bond donors (Lipinski definition) is 0. The van der Waals surface area contributed by atoms with Crippen LogP contribution in [0.25, 0.3) is 10.9 Å².